The summed E-state index contributed by atoms with van der Waals surface area (Å²) in [5.41, 5.74) is 2.39. The Balaban J connectivity index is 1.72. The highest BCUT2D eigenvalue weighted by Gasteiger charge is 2.21. The van der Waals surface area contributed by atoms with E-state index < -0.39 is 5.97 Å². The van der Waals surface area contributed by atoms with E-state index in [1.807, 2.05) is 47.8 Å². The van der Waals surface area contributed by atoms with Crippen molar-refractivity contribution in [3.05, 3.63) is 88.4 Å². The van der Waals surface area contributed by atoms with Gasteiger partial charge in [-0.25, -0.2) is 9.48 Å². The summed E-state index contributed by atoms with van der Waals surface area (Å²) in [5.74, 6) is -0.900. The third-order valence-corrected chi connectivity index (χ3v) is 5.58. The Hall–Kier alpha value is -3.42. The summed E-state index contributed by atoms with van der Waals surface area (Å²) in [6, 6.07) is 17.9. The van der Waals surface area contributed by atoms with Crippen LogP contribution >= 0.6 is 22.9 Å². The molecule has 0 aliphatic rings. The van der Waals surface area contributed by atoms with Crippen LogP contribution in [0.1, 0.15) is 20.7 Å². The van der Waals surface area contributed by atoms with Crippen molar-refractivity contribution in [2.45, 2.75) is 0 Å². The molecule has 2 aromatic heterocycles. The molecule has 4 rings (SSSR count). The number of rotatable bonds is 5. The first-order chi connectivity index (χ1) is 14.6. The predicted molar refractivity (Wildman–Crippen MR) is 118 cm³/mol. The van der Waals surface area contributed by atoms with Crippen molar-refractivity contribution < 1.29 is 14.3 Å². The van der Waals surface area contributed by atoms with Gasteiger partial charge in [-0.2, -0.15) is 5.10 Å². The lowest BCUT2D eigenvalue weighted by molar-refractivity contribution is 0.0600. The SMILES string of the molecule is COC(=O)c1ccc(Cl)c(NC(=O)c2cn(-c3ccccc3)nc2-c2cccs2)c1. The van der Waals surface area contributed by atoms with Crippen LogP contribution in [-0.2, 0) is 4.74 Å². The van der Waals surface area contributed by atoms with Crippen LogP contribution < -0.4 is 5.32 Å². The van der Waals surface area contributed by atoms with E-state index in [2.05, 4.69) is 10.4 Å². The molecule has 2 aromatic carbocycles. The van der Waals surface area contributed by atoms with Crippen molar-refractivity contribution in [1.82, 2.24) is 9.78 Å². The van der Waals surface area contributed by atoms with Gasteiger partial charge < -0.3 is 10.1 Å². The fourth-order valence-corrected chi connectivity index (χ4v) is 3.79. The summed E-state index contributed by atoms with van der Waals surface area (Å²) in [6.07, 6.45) is 1.68. The second-order valence-corrected chi connectivity index (χ2v) is 7.64. The maximum absolute atomic E-state index is 13.1. The standard InChI is InChI=1S/C22H16ClN3O3S/c1-29-22(28)14-9-10-17(23)18(12-14)24-21(27)16-13-26(15-6-3-2-4-7-15)25-20(16)19-8-5-11-30-19/h2-13H,1H3,(H,24,27). The molecule has 0 fully saturated rings. The van der Waals surface area contributed by atoms with Crippen molar-refractivity contribution >= 4 is 40.5 Å². The number of carbonyl (C=O) groups is 2. The molecule has 0 radical (unpaired) electrons. The number of benzene rings is 2. The molecule has 0 saturated carbocycles. The van der Waals surface area contributed by atoms with Crippen molar-refractivity contribution in [1.29, 1.82) is 0 Å². The zero-order valence-corrected chi connectivity index (χ0v) is 17.4. The maximum Gasteiger partial charge on any atom is 0.337 e. The number of halogens is 1. The summed E-state index contributed by atoms with van der Waals surface area (Å²) in [4.78, 5) is 25.8. The lowest BCUT2D eigenvalue weighted by Gasteiger charge is -2.09. The number of thiophene rings is 1. The molecule has 1 N–H and O–H groups in total. The normalized spacial score (nSPS) is 10.6. The molecule has 0 unspecified atom stereocenters. The molecule has 0 aliphatic carbocycles. The average molecular weight is 438 g/mol. The van der Waals surface area contributed by atoms with Crippen LogP contribution in [0.3, 0.4) is 0 Å². The van der Waals surface area contributed by atoms with Gasteiger partial charge in [-0.1, -0.05) is 35.9 Å². The van der Waals surface area contributed by atoms with E-state index in [9.17, 15) is 9.59 Å². The minimum Gasteiger partial charge on any atom is -0.465 e. The largest absolute Gasteiger partial charge is 0.465 e. The Bertz CT molecular complexity index is 1200. The van der Waals surface area contributed by atoms with Gasteiger partial charge in [-0.05, 0) is 41.8 Å². The van der Waals surface area contributed by atoms with E-state index in [0.29, 0.717) is 22.0 Å². The molecule has 0 bridgehead atoms. The first kappa shape index (κ1) is 19.9. The zero-order chi connectivity index (χ0) is 21.1. The molecule has 0 spiro atoms. The molecule has 150 valence electrons. The van der Waals surface area contributed by atoms with Crippen LogP contribution in [0.5, 0.6) is 0 Å². The fourth-order valence-electron chi connectivity index (χ4n) is 2.90. The van der Waals surface area contributed by atoms with Gasteiger partial charge in [-0.3, -0.25) is 4.79 Å². The van der Waals surface area contributed by atoms with Crippen LogP contribution in [0, 0.1) is 0 Å². The minimum atomic E-state index is -0.515. The Labute approximate surface area is 181 Å². The molecule has 6 nitrogen and oxygen atoms in total. The number of nitrogens with zero attached hydrogens (tertiary/aromatic N) is 2. The van der Waals surface area contributed by atoms with Gasteiger partial charge in [0.1, 0.15) is 5.69 Å². The van der Waals surface area contributed by atoms with Crippen molar-refractivity contribution in [3.63, 3.8) is 0 Å². The Morgan fingerprint density at radius 3 is 2.60 bits per heavy atom. The summed E-state index contributed by atoms with van der Waals surface area (Å²) in [7, 11) is 1.29. The molecule has 1 amide bonds. The maximum atomic E-state index is 13.1. The van der Waals surface area contributed by atoms with Crippen LogP contribution in [0.25, 0.3) is 16.3 Å². The Morgan fingerprint density at radius 1 is 1.10 bits per heavy atom. The van der Waals surface area contributed by atoms with Crippen LogP contribution in [0.4, 0.5) is 5.69 Å². The highest BCUT2D eigenvalue weighted by molar-refractivity contribution is 7.13. The number of esters is 1. The third kappa shape index (κ3) is 3.98. The molecule has 2 heterocycles. The lowest BCUT2D eigenvalue weighted by atomic mass is 10.1. The van der Waals surface area contributed by atoms with Gasteiger partial charge in [0.15, 0.2) is 0 Å². The topological polar surface area (TPSA) is 73.2 Å². The molecular weight excluding hydrogens is 422 g/mol. The number of hydrogen-bond acceptors (Lipinski definition) is 5. The van der Waals surface area contributed by atoms with E-state index in [1.165, 1.54) is 36.6 Å². The summed E-state index contributed by atoms with van der Waals surface area (Å²) < 4.78 is 6.40. The van der Waals surface area contributed by atoms with Crippen LogP contribution in [0.2, 0.25) is 5.02 Å². The number of ether oxygens (including phenoxy) is 1. The molecule has 4 aromatic rings. The van der Waals surface area contributed by atoms with E-state index in [1.54, 1.807) is 10.9 Å². The molecule has 0 aliphatic heterocycles. The first-order valence-electron chi connectivity index (χ1n) is 8.95. The van der Waals surface area contributed by atoms with Gasteiger partial charge in [0, 0.05) is 6.20 Å². The first-order valence-corrected chi connectivity index (χ1v) is 10.2. The Kier molecular flexibility index (Phi) is 5.65. The molecule has 0 atom stereocenters. The molecule has 30 heavy (non-hydrogen) atoms. The molecular formula is C22H16ClN3O3S. The van der Waals surface area contributed by atoms with Gasteiger partial charge in [0.2, 0.25) is 0 Å². The second-order valence-electron chi connectivity index (χ2n) is 6.29. The monoisotopic (exact) mass is 437 g/mol. The number of anilines is 1. The second kappa shape index (κ2) is 8.52. The van der Waals surface area contributed by atoms with Gasteiger partial charge in [-0.15, -0.1) is 11.3 Å². The van der Waals surface area contributed by atoms with Gasteiger partial charge >= 0.3 is 5.97 Å². The third-order valence-electron chi connectivity index (χ3n) is 4.37. The number of amides is 1. The smallest absolute Gasteiger partial charge is 0.337 e. The quantitative estimate of drug-likeness (QED) is 0.430. The highest BCUT2D eigenvalue weighted by Crippen LogP contribution is 2.30. The number of nitrogens with one attached hydrogen (secondary N) is 1. The number of para-hydroxylation sites is 1. The minimum absolute atomic E-state index is 0.288. The molecule has 8 heteroatoms. The number of methoxy groups -OCH3 is 1. The predicted octanol–water partition coefficient (Wildman–Crippen LogP) is 5.29. The number of hydrogen-bond donors (Lipinski definition) is 1. The van der Waals surface area contributed by atoms with E-state index in [-0.39, 0.29) is 11.5 Å². The summed E-state index contributed by atoms with van der Waals surface area (Å²) in [5, 5.41) is 9.65. The van der Waals surface area contributed by atoms with E-state index >= 15 is 0 Å². The van der Waals surface area contributed by atoms with E-state index in [4.69, 9.17) is 16.3 Å². The van der Waals surface area contributed by atoms with Crippen molar-refractivity contribution in [3.8, 4) is 16.3 Å². The van der Waals surface area contributed by atoms with Crippen LogP contribution in [-0.4, -0.2) is 28.8 Å². The van der Waals surface area contributed by atoms with Gasteiger partial charge in [0.05, 0.1) is 39.5 Å². The number of carbonyl (C=O) groups excluding carboxylic acids is 2. The molecule has 0 saturated heterocycles. The van der Waals surface area contributed by atoms with E-state index in [0.717, 1.165) is 10.6 Å². The highest BCUT2D eigenvalue weighted by atomic mass is 35.5. The lowest BCUT2D eigenvalue weighted by Crippen LogP contribution is -2.13. The van der Waals surface area contributed by atoms with Crippen molar-refractivity contribution in [2.75, 3.05) is 12.4 Å². The summed E-state index contributed by atoms with van der Waals surface area (Å²) >= 11 is 7.72. The summed E-state index contributed by atoms with van der Waals surface area (Å²) in [6.45, 7) is 0. The average Bonchev–Trinajstić information content (AvgIpc) is 3.45. The van der Waals surface area contributed by atoms with Crippen LogP contribution in [0.15, 0.2) is 72.2 Å². The van der Waals surface area contributed by atoms with Crippen molar-refractivity contribution in [2.24, 2.45) is 0 Å². The number of aromatic nitrogens is 2. The zero-order valence-electron chi connectivity index (χ0n) is 15.8. The van der Waals surface area contributed by atoms with Gasteiger partial charge in [0.25, 0.3) is 5.91 Å². The Morgan fingerprint density at radius 2 is 1.90 bits per heavy atom. The fraction of sp³-hybridized carbons (Fsp3) is 0.0455.